The lowest BCUT2D eigenvalue weighted by atomic mass is 10.3. The summed E-state index contributed by atoms with van der Waals surface area (Å²) in [6.07, 6.45) is 0. The Morgan fingerprint density at radius 2 is 1.04 bits per heavy atom. The van der Waals surface area contributed by atoms with Gasteiger partial charge in [0.15, 0.2) is 8.15 Å². The van der Waals surface area contributed by atoms with Crippen molar-refractivity contribution in [1.82, 2.24) is 0 Å². The van der Waals surface area contributed by atoms with E-state index in [0.29, 0.717) is 0 Å². The van der Waals surface area contributed by atoms with Gasteiger partial charge in [0.2, 0.25) is 0 Å². The molecule has 3 aromatic carbocycles. The van der Waals surface area contributed by atoms with Gasteiger partial charge in [-0.1, -0.05) is 42.5 Å². The third kappa shape index (κ3) is 3.52. The molecule has 0 aliphatic rings. The third-order valence-corrected chi connectivity index (χ3v) is 5.56. The largest absolute Gasteiger partial charge is 0.496 e. The van der Waals surface area contributed by atoms with E-state index < -0.39 is 8.15 Å². The molecule has 0 saturated carbocycles. The second-order valence-corrected chi connectivity index (χ2v) is 6.78. The molecule has 0 bridgehead atoms. The average molecular weight is 338 g/mol. The van der Waals surface area contributed by atoms with E-state index in [4.69, 9.17) is 14.0 Å². The van der Waals surface area contributed by atoms with Crippen LogP contribution in [0.5, 0.6) is 17.2 Å². The van der Waals surface area contributed by atoms with Crippen LogP contribution in [0.1, 0.15) is 0 Å². The van der Waals surface area contributed by atoms with Gasteiger partial charge in [-0.2, -0.15) is 0 Å². The summed E-state index contributed by atoms with van der Waals surface area (Å²) in [5.74, 6) is 2.44. The Morgan fingerprint density at radius 3 is 1.54 bits per heavy atom. The Hall–Kier alpha value is -2.51. The van der Waals surface area contributed by atoms with Gasteiger partial charge >= 0.3 is 0 Å². The highest BCUT2D eigenvalue weighted by Crippen LogP contribution is 2.41. The first kappa shape index (κ1) is 16.4. The molecule has 0 fully saturated rings. The normalized spacial score (nSPS) is 10.5. The average Bonchev–Trinajstić information content (AvgIpc) is 2.67. The van der Waals surface area contributed by atoms with Crippen LogP contribution in [0.4, 0.5) is 0 Å². The molecule has 24 heavy (non-hydrogen) atoms. The maximum absolute atomic E-state index is 6.38. The molecule has 0 spiro atoms. The molecule has 0 amide bonds. The van der Waals surface area contributed by atoms with Crippen LogP contribution < -0.4 is 24.6 Å². The molecule has 0 saturated heterocycles. The van der Waals surface area contributed by atoms with Gasteiger partial charge in [-0.15, -0.1) is 0 Å². The van der Waals surface area contributed by atoms with Crippen molar-refractivity contribution in [2.75, 3.05) is 14.2 Å². The minimum atomic E-state index is -1.13. The zero-order chi connectivity index (χ0) is 16.8. The molecule has 4 heteroatoms. The number of methoxy groups -OCH3 is 2. The maximum Gasteiger partial charge on any atom is 0.158 e. The summed E-state index contributed by atoms with van der Waals surface area (Å²) in [6.45, 7) is 0. The molecule has 0 atom stereocenters. The Labute approximate surface area is 143 Å². The number of hydrogen-bond donors (Lipinski definition) is 0. The number of rotatable bonds is 6. The highest BCUT2D eigenvalue weighted by Gasteiger charge is 2.24. The molecule has 0 heterocycles. The molecule has 3 nitrogen and oxygen atoms in total. The molecule has 0 aliphatic carbocycles. The summed E-state index contributed by atoms with van der Waals surface area (Å²) in [4.78, 5) is 0. The van der Waals surface area contributed by atoms with Gasteiger partial charge in [0.25, 0.3) is 0 Å². The second-order valence-electron chi connectivity index (χ2n) is 5.04. The predicted octanol–water partition coefficient (Wildman–Crippen LogP) is 4.13. The first-order valence-corrected chi connectivity index (χ1v) is 8.88. The number of benzene rings is 3. The highest BCUT2D eigenvalue weighted by molar-refractivity contribution is 7.69. The molecule has 122 valence electrons. The Bertz CT molecular complexity index is 742. The minimum Gasteiger partial charge on any atom is -0.496 e. The van der Waals surface area contributed by atoms with Crippen molar-refractivity contribution in [2.24, 2.45) is 0 Å². The summed E-state index contributed by atoms with van der Waals surface area (Å²) < 4.78 is 17.5. The standard InChI is InChI=1S/C20H19O3P/c1-21-17-12-6-8-14-19(17)24(23-16-10-4-3-5-11-16)20-15-9-7-13-18(20)22-2/h3-15H,1-2H3. The van der Waals surface area contributed by atoms with E-state index in [1.165, 1.54) is 0 Å². The SMILES string of the molecule is COc1ccccc1P(Oc1ccccc1)c1ccccc1OC. The van der Waals surface area contributed by atoms with E-state index >= 15 is 0 Å². The summed E-state index contributed by atoms with van der Waals surface area (Å²) in [5, 5.41) is 2.03. The lowest BCUT2D eigenvalue weighted by Crippen LogP contribution is -2.19. The number of para-hydroxylation sites is 3. The van der Waals surface area contributed by atoms with Crippen molar-refractivity contribution in [1.29, 1.82) is 0 Å². The fourth-order valence-electron chi connectivity index (χ4n) is 2.41. The van der Waals surface area contributed by atoms with Crippen LogP contribution in [0.3, 0.4) is 0 Å². The fraction of sp³-hybridized carbons (Fsp3) is 0.100. The molecule has 0 radical (unpaired) electrons. The Kier molecular flexibility index (Phi) is 5.35. The first-order valence-electron chi connectivity index (χ1n) is 7.62. The molecule has 0 aliphatic heterocycles. The van der Waals surface area contributed by atoms with Crippen LogP contribution in [0.15, 0.2) is 78.9 Å². The number of ether oxygens (including phenoxy) is 2. The van der Waals surface area contributed by atoms with E-state index in [-0.39, 0.29) is 0 Å². The molecule has 0 unspecified atom stereocenters. The van der Waals surface area contributed by atoms with Crippen LogP contribution in [-0.2, 0) is 0 Å². The predicted molar refractivity (Wildman–Crippen MR) is 99.2 cm³/mol. The molecule has 3 aromatic rings. The topological polar surface area (TPSA) is 27.7 Å². The summed E-state index contributed by atoms with van der Waals surface area (Å²) >= 11 is 0. The summed E-state index contributed by atoms with van der Waals surface area (Å²) in [5.41, 5.74) is 0. The zero-order valence-corrected chi connectivity index (χ0v) is 14.6. The van der Waals surface area contributed by atoms with Crippen molar-refractivity contribution < 1.29 is 14.0 Å². The Morgan fingerprint density at radius 1 is 0.583 bits per heavy atom. The fourth-order valence-corrected chi connectivity index (χ4v) is 4.37. The smallest absolute Gasteiger partial charge is 0.158 e. The van der Waals surface area contributed by atoms with Crippen molar-refractivity contribution in [2.45, 2.75) is 0 Å². The van der Waals surface area contributed by atoms with Crippen molar-refractivity contribution in [3.63, 3.8) is 0 Å². The van der Waals surface area contributed by atoms with Gasteiger partial charge in [-0.3, -0.25) is 0 Å². The lowest BCUT2D eigenvalue weighted by molar-refractivity contribution is 0.416. The van der Waals surface area contributed by atoms with Crippen LogP contribution in [0.2, 0.25) is 0 Å². The molecule has 3 rings (SSSR count). The van der Waals surface area contributed by atoms with Crippen LogP contribution >= 0.6 is 8.15 Å². The summed E-state index contributed by atoms with van der Waals surface area (Å²) in [7, 11) is 2.22. The molecular formula is C20H19O3P. The van der Waals surface area contributed by atoms with Gasteiger partial charge in [0, 0.05) is 0 Å². The van der Waals surface area contributed by atoms with Gasteiger partial charge in [0.1, 0.15) is 17.2 Å². The molecule has 0 aromatic heterocycles. The van der Waals surface area contributed by atoms with Crippen molar-refractivity contribution in [3.8, 4) is 17.2 Å². The molecular weight excluding hydrogens is 319 g/mol. The molecule has 0 N–H and O–H groups in total. The van der Waals surface area contributed by atoms with E-state index in [1.54, 1.807) is 14.2 Å². The van der Waals surface area contributed by atoms with E-state index in [0.717, 1.165) is 27.9 Å². The van der Waals surface area contributed by atoms with Gasteiger partial charge in [0.05, 0.1) is 24.8 Å². The quantitative estimate of drug-likeness (QED) is 0.633. The third-order valence-electron chi connectivity index (χ3n) is 3.55. The highest BCUT2D eigenvalue weighted by atomic mass is 31.1. The first-order chi connectivity index (χ1) is 11.8. The summed E-state index contributed by atoms with van der Waals surface area (Å²) in [6, 6.07) is 25.7. The van der Waals surface area contributed by atoms with E-state index in [1.807, 2.05) is 78.9 Å². The van der Waals surface area contributed by atoms with Crippen LogP contribution in [0.25, 0.3) is 0 Å². The monoisotopic (exact) mass is 338 g/mol. The maximum atomic E-state index is 6.38. The Balaban J connectivity index is 2.10. The van der Waals surface area contributed by atoms with E-state index in [2.05, 4.69) is 0 Å². The van der Waals surface area contributed by atoms with Crippen molar-refractivity contribution in [3.05, 3.63) is 78.9 Å². The van der Waals surface area contributed by atoms with E-state index in [9.17, 15) is 0 Å². The van der Waals surface area contributed by atoms with Gasteiger partial charge in [-0.25, -0.2) is 0 Å². The van der Waals surface area contributed by atoms with Gasteiger partial charge in [-0.05, 0) is 36.4 Å². The minimum absolute atomic E-state index is 0.811. The lowest BCUT2D eigenvalue weighted by Gasteiger charge is -2.22. The van der Waals surface area contributed by atoms with Crippen LogP contribution in [0, 0.1) is 0 Å². The van der Waals surface area contributed by atoms with Gasteiger partial charge < -0.3 is 14.0 Å². The zero-order valence-electron chi connectivity index (χ0n) is 13.7. The number of hydrogen-bond acceptors (Lipinski definition) is 3. The van der Waals surface area contributed by atoms with Crippen molar-refractivity contribution >= 4 is 18.8 Å². The second kappa shape index (κ2) is 7.85. The van der Waals surface area contributed by atoms with Crippen LogP contribution in [-0.4, -0.2) is 14.2 Å².